The normalized spacial score (nSPS) is 11.5. The molecule has 0 atom stereocenters. The van der Waals surface area contributed by atoms with Gasteiger partial charge in [0.25, 0.3) is 15.6 Å². The van der Waals surface area contributed by atoms with Gasteiger partial charge in [-0.25, -0.2) is 17.8 Å². The van der Waals surface area contributed by atoms with Crippen LogP contribution in [0.25, 0.3) is 27.7 Å². The van der Waals surface area contributed by atoms with Crippen LogP contribution in [-0.4, -0.2) is 30.1 Å². The minimum absolute atomic E-state index is 0.0483. The van der Waals surface area contributed by atoms with E-state index in [-0.39, 0.29) is 27.7 Å². The smallest absolute Gasteiger partial charge is 0.263 e. The maximum Gasteiger partial charge on any atom is 0.263 e. The van der Waals surface area contributed by atoms with Gasteiger partial charge in [-0.2, -0.15) is 0 Å². The van der Waals surface area contributed by atoms with Crippen molar-refractivity contribution in [1.29, 1.82) is 0 Å². The molecule has 0 saturated heterocycles. The standard InChI is InChI=1S/C28H22ClFN4O4S/c1-16-10-19(11-17(2)28(16)29)21-13-25(38-3)24(14-22(21)30)34-23-6-5-20(12-18(23)4-7-27(34)35)39(36,37)33-26-15-31-8-9-32-26/h4-15H,1-3H3,(H,32,33). The Balaban J connectivity index is 1.64. The summed E-state index contributed by atoms with van der Waals surface area (Å²) < 4.78 is 50.6. The number of benzene rings is 3. The molecular weight excluding hydrogens is 543 g/mol. The number of nitrogens with zero attached hydrogens (tertiary/aromatic N) is 3. The van der Waals surface area contributed by atoms with Gasteiger partial charge in [-0.1, -0.05) is 11.6 Å². The molecule has 0 spiro atoms. The molecular formula is C28H22ClFN4O4S. The highest BCUT2D eigenvalue weighted by atomic mass is 35.5. The van der Waals surface area contributed by atoms with Crippen molar-refractivity contribution in [3.63, 3.8) is 0 Å². The zero-order valence-corrected chi connectivity index (χ0v) is 22.6. The summed E-state index contributed by atoms with van der Waals surface area (Å²) in [5, 5.41) is 1.05. The van der Waals surface area contributed by atoms with Crippen LogP contribution in [0.5, 0.6) is 5.75 Å². The molecule has 0 fully saturated rings. The average molecular weight is 565 g/mol. The molecule has 2 heterocycles. The number of hydrogen-bond donors (Lipinski definition) is 1. The van der Waals surface area contributed by atoms with Crippen molar-refractivity contribution < 1.29 is 17.5 Å². The molecule has 8 nitrogen and oxygen atoms in total. The van der Waals surface area contributed by atoms with Crippen LogP contribution in [0.1, 0.15) is 11.1 Å². The Hall–Kier alpha value is -4.28. The van der Waals surface area contributed by atoms with Crippen molar-refractivity contribution in [2.75, 3.05) is 11.8 Å². The summed E-state index contributed by atoms with van der Waals surface area (Å²) in [5.74, 6) is -0.246. The first-order valence-corrected chi connectivity index (χ1v) is 13.5. The Morgan fingerprint density at radius 2 is 1.74 bits per heavy atom. The summed E-state index contributed by atoms with van der Waals surface area (Å²) in [4.78, 5) is 20.8. The zero-order chi connectivity index (χ0) is 27.9. The van der Waals surface area contributed by atoms with Crippen LogP contribution in [0, 0.1) is 19.7 Å². The second-order valence-electron chi connectivity index (χ2n) is 8.85. The number of fused-ring (bicyclic) bond motifs is 1. The number of methoxy groups -OCH3 is 1. The van der Waals surface area contributed by atoms with E-state index in [1.165, 1.54) is 72.7 Å². The molecule has 5 aromatic rings. The number of pyridine rings is 1. The highest BCUT2D eigenvalue weighted by molar-refractivity contribution is 7.92. The molecule has 0 aliphatic heterocycles. The fourth-order valence-corrected chi connectivity index (χ4v) is 5.53. The second-order valence-corrected chi connectivity index (χ2v) is 10.9. The van der Waals surface area contributed by atoms with Gasteiger partial charge in [0, 0.05) is 40.5 Å². The average Bonchev–Trinajstić information content (AvgIpc) is 2.91. The number of anilines is 1. The predicted octanol–water partition coefficient (Wildman–Crippen LogP) is 5.67. The van der Waals surface area contributed by atoms with Crippen molar-refractivity contribution >= 4 is 38.3 Å². The van der Waals surface area contributed by atoms with Gasteiger partial charge in [-0.15, -0.1) is 0 Å². The third-order valence-corrected chi connectivity index (χ3v) is 8.18. The van der Waals surface area contributed by atoms with E-state index >= 15 is 4.39 Å². The first kappa shape index (κ1) is 26.3. The number of halogens is 2. The van der Waals surface area contributed by atoms with Crippen molar-refractivity contribution in [1.82, 2.24) is 14.5 Å². The number of hydrogen-bond acceptors (Lipinski definition) is 6. The topological polar surface area (TPSA) is 103 Å². The maximum absolute atomic E-state index is 15.6. The predicted molar refractivity (Wildman–Crippen MR) is 149 cm³/mol. The van der Waals surface area contributed by atoms with Gasteiger partial charge in [0.2, 0.25) is 0 Å². The molecule has 198 valence electrons. The van der Waals surface area contributed by atoms with Gasteiger partial charge in [0.1, 0.15) is 11.6 Å². The van der Waals surface area contributed by atoms with Crippen molar-refractivity contribution in [2.24, 2.45) is 0 Å². The lowest BCUT2D eigenvalue weighted by Gasteiger charge is -2.17. The van der Waals surface area contributed by atoms with Crippen LogP contribution >= 0.6 is 11.6 Å². The quantitative estimate of drug-likeness (QED) is 0.285. The van der Waals surface area contributed by atoms with Gasteiger partial charge in [-0.3, -0.25) is 19.1 Å². The fourth-order valence-electron chi connectivity index (χ4n) is 4.39. The first-order valence-electron chi connectivity index (χ1n) is 11.7. The van der Waals surface area contributed by atoms with Gasteiger partial charge in [0.15, 0.2) is 5.82 Å². The molecule has 0 unspecified atom stereocenters. The Labute approximate surface area is 228 Å². The van der Waals surface area contributed by atoms with E-state index in [9.17, 15) is 13.2 Å². The summed E-state index contributed by atoms with van der Waals surface area (Å²) in [7, 11) is -2.56. The molecule has 39 heavy (non-hydrogen) atoms. The van der Waals surface area contributed by atoms with E-state index in [1.54, 1.807) is 12.1 Å². The summed E-state index contributed by atoms with van der Waals surface area (Å²) in [6.07, 6.45) is 4.08. The van der Waals surface area contributed by atoms with E-state index in [0.29, 0.717) is 21.5 Å². The molecule has 0 aliphatic rings. The molecule has 2 aromatic heterocycles. The van der Waals surface area contributed by atoms with Gasteiger partial charge in [-0.05, 0) is 73.0 Å². The SMILES string of the molecule is COc1cc(-c2cc(C)c(Cl)c(C)c2)c(F)cc1-n1c(=O)ccc2cc(S(=O)(=O)Nc3cnccn3)ccc21. The minimum atomic E-state index is -3.99. The van der Waals surface area contributed by atoms with E-state index in [4.69, 9.17) is 16.3 Å². The van der Waals surface area contributed by atoms with Crippen molar-refractivity contribution in [2.45, 2.75) is 18.7 Å². The lowest BCUT2D eigenvalue weighted by atomic mass is 9.99. The Kier molecular flexibility index (Phi) is 6.83. The van der Waals surface area contributed by atoms with E-state index in [1.807, 2.05) is 13.8 Å². The Bertz CT molecular complexity index is 1890. The second kappa shape index (κ2) is 10.1. The molecule has 0 saturated carbocycles. The Morgan fingerprint density at radius 1 is 1.00 bits per heavy atom. The minimum Gasteiger partial charge on any atom is -0.495 e. The number of aryl methyl sites for hydroxylation is 2. The molecule has 3 aromatic carbocycles. The largest absolute Gasteiger partial charge is 0.495 e. The molecule has 11 heteroatoms. The first-order chi connectivity index (χ1) is 18.6. The lowest BCUT2D eigenvalue weighted by molar-refractivity contribution is 0.412. The van der Waals surface area contributed by atoms with E-state index in [2.05, 4.69) is 14.7 Å². The molecule has 0 aliphatic carbocycles. The van der Waals surface area contributed by atoms with Gasteiger partial charge >= 0.3 is 0 Å². The summed E-state index contributed by atoms with van der Waals surface area (Å²) >= 11 is 6.29. The van der Waals surface area contributed by atoms with E-state index in [0.717, 1.165) is 11.1 Å². The molecule has 1 N–H and O–H groups in total. The molecule has 0 amide bonds. The fraction of sp³-hybridized carbons (Fsp3) is 0.107. The van der Waals surface area contributed by atoms with Crippen LogP contribution in [0.15, 0.2) is 82.9 Å². The summed E-state index contributed by atoms with van der Waals surface area (Å²) in [5.41, 5.74) is 2.61. The van der Waals surface area contributed by atoms with Crippen molar-refractivity contribution in [3.05, 3.63) is 106 Å². The Morgan fingerprint density at radius 3 is 2.41 bits per heavy atom. The molecule has 0 radical (unpaired) electrons. The van der Waals surface area contributed by atoms with Crippen LogP contribution in [0.2, 0.25) is 5.02 Å². The van der Waals surface area contributed by atoms with Crippen LogP contribution in [0.4, 0.5) is 10.2 Å². The lowest BCUT2D eigenvalue weighted by Crippen LogP contribution is -2.19. The summed E-state index contributed by atoms with van der Waals surface area (Å²) in [6, 6.07) is 13.4. The number of rotatable bonds is 6. The van der Waals surface area contributed by atoms with E-state index < -0.39 is 21.4 Å². The van der Waals surface area contributed by atoms with Crippen LogP contribution in [0.3, 0.4) is 0 Å². The monoisotopic (exact) mass is 564 g/mol. The van der Waals surface area contributed by atoms with Crippen molar-refractivity contribution in [3.8, 4) is 22.6 Å². The third kappa shape index (κ3) is 4.96. The van der Waals surface area contributed by atoms with Crippen LogP contribution < -0.4 is 15.0 Å². The van der Waals surface area contributed by atoms with Gasteiger partial charge < -0.3 is 4.74 Å². The zero-order valence-electron chi connectivity index (χ0n) is 21.1. The number of nitrogens with one attached hydrogen (secondary N) is 1. The highest BCUT2D eigenvalue weighted by Gasteiger charge is 2.20. The van der Waals surface area contributed by atoms with Gasteiger partial charge in [0.05, 0.1) is 29.4 Å². The molecule has 0 bridgehead atoms. The third-order valence-electron chi connectivity index (χ3n) is 6.24. The van der Waals surface area contributed by atoms with Crippen LogP contribution in [-0.2, 0) is 10.0 Å². The highest BCUT2D eigenvalue weighted by Crippen LogP contribution is 2.36. The number of sulfonamides is 1. The number of aromatic nitrogens is 3. The number of ether oxygens (including phenoxy) is 1. The molecule has 5 rings (SSSR count). The summed E-state index contributed by atoms with van der Waals surface area (Å²) in [6.45, 7) is 3.68. The maximum atomic E-state index is 15.6.